The zero-order valence-electron chi connectivity index (χ0n) is 6.88. The molecular weight excluding hydrogens is 140 g/mol. The SMILES string of the molecule is O=CCCC1(O)CCCCC1. The Labute approximate surface area is 67.6 Å². The fraction of sp³-hybridized carbons (Fsp3) is 0.889. The van der Waals surface area contributed by atoms with Gasteiger partial charge in [0.15, 0.2) is 0 Å². The van der Waals surface area contributed by atoms with Crippen LogP contribution in [-0.2, 0) is 4.79 Å². The van der Waals surface area contributed by atoms with Crippen molar-refractivity contribution >= 4 is 6.29 Å². The molecule has 0 aliphatic heterocycles. The molecule has 0 heterocycles. The van der Waals surface area contributed by atoms with E-state index in [0.717, 1.165) is 32.0 Å². The van der Waals surface area contributed by atoms with E-state index in [4.69, 9.17) is 0 Å². The van der Waals surface area contributed by atoms with E-state index in [2.05, 4.69) is 0 Å². The van der Waals surface area contributed by atoms with Gasteiger partial charge in [0, 0.05) is 6.42 Å². The molecular formula is C9H16O2. The van der Waals surface area contributed by atoms with Gasteiger partial charge >= 0.3 is 0 Å². The Kier molecular flexibility index (Phi) is 3.06. The molecule has 64 valence electrons. The van der Waals surface area contributed by atoms with Gasteiger partial charge in [-0.2, -0.15) is 0 Å². The Morgan fingerprint density at radius 1 is 1.27 bits per heavy atom. The third-order valence-corrected chi connectivity index (χ3v) is 2.51. The molecule has 0 spiro atoms. The minimum Gasteiger partial charge on any atom is -0.390 e. The molecule has 11 heavy (non-hydrogen) atoms. The van der Waals surface area contributed by atoms with Crippen molar-refractivity contribution in [2.45, 2.75) is 50.5 Å². The highest BCUT2D eigenvalue weighted by atomic mass is 16.3. The maximum absolute atomic E-state index is 10.1. The summed E-state index contributed by atoms with van der Waals surface area (Å²) in [5.74, 6) is 0. The molecule has 1 saturated carbocycles. The molecule has 0 amide bonds. The summed E-state index contributed by atoms with van der Waals surface area (Å²) in [4.78, 5) is 10.1. The van der Waals surface area contributed by atoms with Crippen molar-refractivity contribution in [3.05, 3.63) is 0 Å². The average Bonchev–Trinajstić information content (AvgIpc) is 2.03. The van der Waals surface area contributed by atoms with Gasteiger partial charge in [0.25, 0.3) is 0 Å². The van der Waals surface area contributed by atoms with Crippen LogP contribution in [0, 0.1) is 0 Å². The lowest BCUT2D eigenvalue weighted by atomic mass is 9.82. The van der Waals surface area contributed by atoms with Gasteiger partial charge in [-0.05, 0) is 19.3 Å². The molecule has 2 heteroatoms. The van der Waals surface area contributed by atoms with Gasteiger partial charge in [0.1, 0.15) is 6.29 Å². The van der Waals surface area contributed by atoms with E-state index in [1.54, 1.807) is 0 Å². The highest BCUT2D eigenvalue weighted by Gasteiger charge is 2.27. The first-order valence-corrected chi connectivity index (χ1v) is 4.43. The van der Waals surface area contributed by atoms with E-state index in [9.17, 15) is 9.90 Å². The summed E-state index contributed by atoms with van der Waals surface area (Å²) in [6, 6.07) is 0. The van der Waals surface area contributed by atoms with Crippen molar-refractivity contribution in [1.82, 2.24) is 0 Å². The van der Waals surface area contributed by atoms with Crippen molar-refractivity contribution in [2.24, 2.45) is 0 Å². The van der Waals surface area contributed by atoms with Crippen LogP contribution in [0.2, 0.25) is 0 Å². The highest BCUT2D eigenvalue weighted by molar-refractivity contribution is 5.49. The molecule has 0 atom stereocenters. The van der Waals surface area contributed by atoms with Crippen molar-refractivity contribution in [3.8, 4) is 0 Å². The van der Waals surface area contributed by atoms with Gasteiger partial charge in [0.05, 0.1) is 5.60 Å². The molecule has 1 aliphatic rings. The smallest absolute Gasteiger partial charge is 0.120 e. The van der Waals surface area contributed by atoms with Gasteiger partial charge < -0.3 is 9.90 Å². The van der Waals surface area contributed by atoms with Crippen LogP contribution >= 0.6 is 0 Å². The molecule has 0 aromatic rings. The Morgan fingerprint density at radius 3 is 2.45 bits per heavy atom. The van der Waals surface area contributed by atoms with Crippen molar-refractivity contribution < 1.29 is 9.90 Å². The van der Waals surface area contributed by atoms with E-state index in [1.165, 1.54) is 6.42 Å². The van der Waals surface area contributed by atoms with Gasteiger partial charge in [-0.3, -0.25) is 0 Å². The number of carbonyl (C=O) groups excluding carboxylic acids is 1. The Hall–Kier alpha value is -0.370. The Morgan fingerprint density at radius 2 is 1.91 bits per heavy atom. The summed E-state index contributed by atoms with van der Waals surface area (Å²) >= 11 is 0. The zero-order chi connectivity index (χ0) is 8.16. The molecule has 2 nitrogen and oxygen atoms in total. The third kappa shape index (κ3) is 2.62. The molecule has 1 N–H and O–H groups in total. The van der Waals surface area contributed by atoms with Crippen LogP contribution in [0.25, 0.3) is 0 Å². The number of aliphatic hydroxyl groups is 1. The molecule has 0 radical (unpaired) electrons. The summed E-state index contributed by atoms with van der Waals surface area (Å²) in [5.41, 5.74) is -0.501. The normalized spacial score (nSPS) is 23.0. The Balaban J connectivity index is 2.30. The topological polar surface area (TPSA) is 37.3 Å². The average molecular weight is 156 g/mol. The maximum Gasteiger partial charge on any atom is 0.120 e. The van der Waals surface area contributed by atoms with Gasteiger partial charge in [-0.1, -0.05) is 19.3 Å². The van der Waals surface area contributed by atoms with E-state index in [1.807, 2.05) is 0 Å². The number of hydrogen-bond donors (Lipinski definition) is 1. The van der Waals surface area contributed by atoms with Gasteiger partial charge in [0.2, 0.25) is 0 Å². The predicted molar refractivity (Wildman–Crippen MR) is 43.3 cm³/mol. The highest BCUT2D eigenvalue weighted by Crippen LogP contribution is 2.31. The van der Waals surface area contributed by atoms with Crippen LogP contribution in [0.4, 0.5) is 0 Å². The van der Waals surface area contributed by atoms with Crippen molar-refractivity contribution in [1.29, 1.82) is 0 Å². The number of carbonyl (C=O) groups is 1. The van der Waals surface area contributed by atoms with Gasteiger partial charge in [-0.25, -0.2) is 0 Å². The largest absolute Gasteiger partial charge is 0.390 e. The van der Waals surface area contributed by atoms with Crippen LogP contribution < -0.4 is 0 Å². The lowest BCUT2D eigenvalue weighted by Gasteiger charge is -2.31. The second kappa shape index (κ2) is 3.86. The van der Waals surface area contributed by atoms with E-state index >= 15 is 0 Å². The van der Waals surface area contributed by atoms with E-state index < -0.39 is 5.60 Å². The molecule has 1 fully saturated rings. The fourth-order valence-electron chi connectivity index (χ4n) is 1.79. The summed E-state index contributed by atoms with van der Waals surface area (Å²) in [5, 5.41) is 9.84. The predicted octanol–water partition coefficient (Wildman–Crippen LogP) is 1.66. The minimum absolute atomic E-state index is 0.501. The molecule has 0 unspecified atom stereocenters. The molecule has 0 bridgehead atoms. The van der Waals surface area contributed by atoms with Crippen molar-refractivity contribution in [3.63, 3.8) is 0 Å². The first-order chi connectivity index (χ1) is 5.27. The lowest BCUT2D eigenvalue weighted by Crippen LogP contribution is -2.31. The Bertz CT molecular complexity index is 126. The van der Waals surface area contributed by atoms with E-state index in [0.29, 0.717) is 12.8 Å². The van der Waals surface area contributed by atoms with Crippen molar-refractivity contribution in [2.75, 3.05) is 0 Å². The van der Waals surface area contributed by atoms with Crippen LogP contribution in [-0.4, -0.2) is 17.0 Å². The molecule has 0 aromatic carbocycles. The molecule has 0 saturated heterocycles. The number of rotatable bonds is 3. The quantitative estimate of drug-likeness (QED) is 0.631. The van der Waals surface area contributed by atoms with Crippen LogP contribution in [0.15, 0.2) is 0 Å². The minimum atomic E-state index is -0.501. The second-order valence-corrected chi connectivity index (χ2v) is 3.49. The zero-order valence-corrected chi connectivity index (χ0v) is 6.88. The summed E-state index contributed by atoms with van der Waals surface area (Å²) < 4.78 is 0. The summed E-state index contributed by atoms with van der Waals surface area (Å²) in [7, 11) is 0. The van der Waals surface area contributed by atoms with Gasteiger partial charge in [-0.15, -0.1) is 0 Å². The van der Waals surface area contributed by atoms with Crippen LogP contribution in [0.3, 0.4) is 0 Å². The second-order valence-electron chi connectivity index (χ2n) is 3.49. The molecule has 1 aliphatic carbocycles. The third-order valence-electron chi connectivity index (χ3n) is 2.51. The standard InChI is InChI=1S/C9H16O2/c10-8-4-7-9(11)5-2-1-3-6-9/h8,11H,1-7H2. The monoisotopic (exact) mass is 156 g/mol. The number of hydrogen-bond acceptors (Lipinski definition) is 2. The van der Waals surface area contributed by atoms with Crippen LogP contribution in [0.1, 0.15) is 44.9 Å². The summed E-state index contributed by atoms with van der Waals surface area (Å²) in [6.07, 6.45) is 7.33. The first-order valence-electron chi connectivity index (χ1n) is 4.43. The molecule has 0 aromatic heterocycles. The fourth-order valence-corrected chi connectivity index (χ4v) is 1.79. The maximum atomic E-state index is 10.1. The number of aldehydes is 1. The molecule has 1 rings (SSSR count). The summed E-state index contributed by atoms with van der Waals surface area (Å²) in [6.45, 7) is 0. The van der Waals surface area contributed by atoms with E-state index in [-0.39, 0.29) is 0 Å². The van der Waals surface area contributed by atoms with Crippen LogP contribution in [0.5, 0.6) is 0 Å². The lowest BCUT2D eigenvalue weighted by molar-refractivity contribution is -0.109. The first kappa shape index (κ1) is 8.72.